The van der Waals surface area contributed by atoms with Crippen LogP contribution in [0.1, 0.15) is 35.3 Å². The predicted molar refractivity (Wildman–Crippen MR) is 142 cm³/mol. The highest BCUT2D eigenvalue weighted by molar-refractivity contribution is 6.30. The summed E-state index contributed by atoms with van der Waals surface area (Å²) in [6, 6.07) is 18.3. The Labute approximate surface area is 220 Å². The zero-order valence-electron chi connectivity index (χ0n) is 20.1. The van der Waals surface area contributed by atoms with Gasteiger partial charge in [0.25, 0.3) is 11.8 Å². The van der Waals surface area contributed by atoms with Gasteiger partial charge < -0.3 is 14.8 Å². The molecule has 0 aliphatic carbocycles. The number of methoxy groups -OCH3 is 1. The first-order chi connectivity index (χ1) is 17.3. The van der Waals surface area contributed by atoms with Crippen molar-refractivity contribution in [3.63, 3.8) is 0 Å². The average Bonchev–Trinajstić information content (AvgIpc) is 2.87. The summed E-state index contributed by atoms with van der Waals surface area (Å²) >= 11 is 11.8. The average molecular weight is 528 g/mol. The number of amides is 2. The number of ether oxygens (including phenoxy) is 2. The van der Waals surface area contributed by atoms with Crippen LogP contribution in [0.25, 0.3) is 0 Å². The highest BCUT2D eigenvalue weighted by atomic mass is 35.5. The Morgan fingerprint density at radius 3 is 2.19 bits per heavy atom. The molecule has 0 radical (unpaired) electrons. The van der Waals surface area contributed by atoms with E-state index >= 15 is 0 Å². The van der Waals surface area contributed by atoms with Crippen LogP contribution in [0.2, 0.25) is 10.0 Å². The van der Waals surface area contributed by atoms with Gasteiger partial charge in [-0.25, -0.2) is 5.43 Å². The second-order valence-corrected chi connectivity index (χ2v) is 9.13. The van der Waals surface area contributed by atoms with Crippen LogP contribution in [-0.4, -0.2) is 31.2 Å². The van der Waals surface area contributed by atoms with E-state index in [0.29, 0.717) is 39.3 Å². The number of halogens is 2. The maximum absolute atomic E-state index is 12.7. The molecule has 36 heavy (non-hydrogen) atoms. The van der Waals surface area contributed by atoms with E-state index in [2.05, 4.69) is 15.8 Å². The van der Waals surface area contributed by atoms with Gasteiger partial charge in [0, 0.05) is 15.6 Å². The second-order valence-electron chi connectivity index (χ2n) is 8.26. The third kappa shape index (κ3) is 7.73. The molecule has 3 rings (SSSR count). The quantitative estimate of drug-likeness (QED) is 0.269. The van der Waals surface area contributed by atoms with Crippen molar-refractivity contribution < 1.29 is 19.1 Å². The van der Waals surface area contributed by atoms with Crippen molar-refractivity contribution in [1.29, 1.82) is 0 Å². The molecule has 2 N–H and O–H groups in total. The Morgan fingerprint density at radius 1 is 0.944 bits per heavy atom. The lowest BCUT2D eigenvalue weighted by Gasteiger charge is -2.20. The number of nitrogens with zero attached hydrogens (tertiary/aromatic N) is 1. The summed E-state index contributed by atoms with van der Waals surface area (Å²) in [5.41, 5.74) is 4.56. The Bertz CT molecular complexity index is 1210. The van der Waals surface area contributed by atoms with Crippen LogP contribution in [-0.2, 0) is 11.4 Å². The van der Waals surface area contributed by atoms with Gasteiger partial charge in [0.2, 0.25) is 0 Å². The summed E-state index contributed by atoms with van der Waals surface area (Å²) in [6.45, 7) is 4.03. The molecule has 7 nitrogen and oxygen atoms in total. The molecular formula is C27H27Cl2N3O4. The smallest absolute Gasteiger partial charge is 0.262 e. The largest absolute Gasteiger partial charge is 0.493 e. The fourth-order valence-electron chi connectivity index (χ4n) is 3.23. The molecule has 1 atom stereocenters. The predicted octanol–water partition coefficient (Wildman–Crippen LogP) is 5.49. The van der Waals surface area contributed by atoms with Crippen molar-refractivity contribution in [3.05, 3.63) is 93.5 Å². The summed E-state index contributed by atoms with van der Waals surface area (Å²) in [5.74, 6) is 0.128. The Hall–Kier alpha value is -3.55. The Balaban J connectivity index is 1.60. The van der Waals surface area contributed by atoms with Crippen molar-refractivity contribution in [2.75, 3.05) is 7.11 Å². The molecule has 0 bridgehead atoms. The zero-order chi connectivity index (χ0) is 26.1. The Kier molecular flexibility index (Phi) is 9.73. The molecule has 1 unspecified atom stereocenters. The minimum Gasteiger partial charge on any atom is -0.493 e. The lowest BCUT2D eigenvalue weighted by molar-refractivity contribution is -0.123. The van der Waals surface area contributed by atoms with Crippen LogP contribution >= 0.6 is 23.2 Å². The molecule has 0 heterocycles. The minimum absolute atomic E-state index is 0.159. The van der Waals surface area contributed by atoms with Crippen LogP contribution in [0.4, 0.5) is 0 Å². The number of carbonyl (C=O) groups is 2. The highest BCUT2D eigenvalue weighted by Crippen LogP contribution is 2.28. The number of rotatable bonds is 10. The first kappa shape index (κ1) is 27.0. The molecule has 0 saturated carbocycles. The van der Waals surface area contributed by atoms with E-state index in [4.69, 9.17) is 32.7 Å². The van der Waals surface area contributed by atoms with Gasteiger partial charge >= 0.3 is 0 Å². The molecule has 0 spiro atoms. The summed E-state index contributed by atoms with van der Waals surface area (Å²) in [4.78, 5) is 25.2. The summed E-state index contributed by atoms with van der Waals surface area (Å²) < 4.78 is 11.3. The molecule has 2 amide bonds. The van der Waals surface area contributed by atoms with Gasteiger partial charge in [-0.15, -0.1) is 0 Å². The van der Waals surface area contributed by atoms with E-state index in [1.165, 1.54) is 6.21 Å². The van der Waals surface area contributed by atoms with E-state index in [9.17, 15) is 9.59 Å². The van der Waals surface area contributed by atoms with Crippen LogP contribution < -0.4 is 20.2 Å². The molecule has 0 saturated heterocycles. The van der Waals surface area contributed by atoms with Gasteiger partial charge in [0.05, 0.1) is 13.3 Å². The lowest BCUT2D eigenvalue weighted by Crippen LogP contribution is -2.48. The summed E-state index contributed by atoms with van der Waals surface area (Å²) in [7, 11) is 1.55. The van der Waals surface area contributed by atoms with Gasteiger partial charge in [-0.2, -0.15) is 5.10 Å². The van der Waals surface area contributed by atoms with Crippen LogP contribution in [0.3, 0.4) is 0 Å². The van der Waals surface area contributed by atoms with Gasteiger partial charge in [-0.1, -0.05) is 49.2 Å². The number of hydrazone groups is 1. The third-order valence-corrected chi connectivity index (χ3v) is 5.73. The molecule has 0 fully saturated rings. The topological polar surface area (TPSA) is 89.0 Å². The summed E-state index contributed by atoms with van der Waals surface area (Å²) in [6.07, 6.45) is 1.49. The second kappa shape index (κ2) is 13.0. The number of benzene rings is 3. The Morgan fingerprint density at radius 2 is 1.58 bits per heavy atom. The van der Waals surface area contributed by atoms with E-state index in [-0.39, 0.29) is 11.8 Å². The van der Waals surface area contributed by atoms with Crippen molar-refractivity contribution in [2.45, 2.75) is 26.5 Å². The molecule has 9 heteroatoms. The first-order valence-electron chi connectivity index (χ1n) is 11.2. The van der Waals surface area contributed by atoms with Crippen molar-refractivity contribution in [1.82, 2.24) is 10.7 Å². The standard InChI is InChI=1S/C27H27Cl2N3O4/c1-17(2)25(31-26(33)20-7-11-22(29)12-8-20)27(34)32-30-15-19-6-13-23(24(14-19)35-3)36-16-18-4-9-21(28)10-5-18/h4-15,17,25H,16H2,1-3H3,(H,31,33)(H,32,34). The number of nitrogens with one attached hydrogen (secondary N) is 2. The highest BCUT2D eigenvalue weighted by Gasteiger charge is 2.24. The van der Waals surface area contributed by atoms with Crippen LogP contribution in [0, 0.1) is 5.92 Å². The third-order valence-electron chi connectivity index (χ3n) is 5.23. The number of carbonyl (C=O) groups excluding carboxylic acids is 2. The molecule has 188 valence electrons. The molecule has 0 aliphatic heterocycles. The molecule has 0 aromatic heterocycles. The van der Waals surface area contributed by atoms with Gasteiger partial charge in [-0.05, 0) is 71.6 Å². The fraction of sp³-hybridized carbons (Fsp3) is 0.222. The number of hydrogen-bond acceptors (Lipinski definition) is 5. The number of hydrogen-bond donors (Lipinski definition) is 2. The van der Waals surface area contributed by atoms with E-state index < -0.39 is 11.9 Å². The van der Waals surface area contributed by atoms with E-state index in [0.717, 1.165) is 5.56 Å². The van der Waals surface area contributed by atoms with Crippen molar-refractivity contribution >= 4 is 41.2 Å². The summed E-state index contributed by atoms with van der Waals surface area (Å²) in [5, 5.41) is 7.97. The fourth-order valence-corrected chi connectivity index (χ4v) is 3.48. The zero-order valence-corrected chi connectivity index (χ0v) is 21.6. The molecule has 3 aromatic rings. The first-order valence-corrected chi connectivity index (χ1v) is 12.0. The van der Waals surface area contributed by atoms with Crippen molar-refractivity contribution in [3.8, 4) is 11.5 Å². The monoisotopic (exact) mass is 527 g/mol. The maximum atomic E-state index is 12.7. The molecule has 3 aromatic carbocycles. The molecular weight excluding hydrogens is 501 g/mol. The molecule has 0 aliphatic rings. The van der Waals surface area contributed by atoms with Crippen LogP contribution in [0.15, 0.2) is 71.8 Å². The lowest BCUT2D eigenvalue weighted by atomic mass is 10.0. The SMILES string of the molecule is COc1cc(C=NNC(=O)C(NC(=O)c2ccc(Cl)cc2)C(C)C)ccc1OCc1ccc(Cl)cc1. The van der Waals surface area contributed by atoms with Crippen molar-refractivity contribution in [2.24, 2.45) is 11.0 Å². The van der Waals surface area contributed by atoms with Gasteiger partial charge in [-0.3, -0.25) is 9.59 Å². The van der Waals surface area contributed by atoms with E-state index in [1.54, 1.807) is 61.7 Å². The minimum atomic E-state index is -0.775. The van der Waals surface area contributed by atoms with Crippen LogP contribution in [0.5, 0.6) is 11.5 Å². The van der Waals surface area contributed by atoms with E-state index in [1.807, 2.05) is 26.0 Å². The van der Waals surface area contributed by atoms with Gasteiger partial charge in [0.1, 0.15) is 12.6 Å². The van der Waals surface area contributed by atoms with Gasteiger partial charge in [0.15, 0.2) is 11.5 Å². The maximum Gasteiger partial charge on any atom is 0.262 e. The normalized spacial score (nSPS) is 11.8.